The van der Waals surface area contributed by atoms with Gasteiger partial charge in [0.25, 0.3) is 0 Å². The fourth-order valence-electron chi connectivity index (χ4n) is 0.946. The van der Waals surface area contributed by atoms with Gasteiger partial charge in [0.15, 0.2) is 0 Å². The molecule has 0 spiro atoms. The molecule has 0 bridgehead atoms. The van der Waals surface area contributed by atoms with E-state index in [2.05, 4.69) is 6.58 Å². The molecule has 0 saturated carbocycles. The van der Waals surface area contributed by atoms with E-state index in [1.54, 1.807) is 13.2 Å². The number of ether oxygens (including phenoxy) is 1. The summed E-state index contributed by atoms with van der Waals surface area (Å²) in [4.78, 5) is 10.1. The zero-order valence-corrected chi connectivity index (χ0v) is 7.25. The third-order valence-corrected chi connectivity index (χ3v) is 1.70. The standard InChI is InChI=1S/C9H16O2/c1-4-9(11-3)7-8(2)5-6-10/h4,6,8-9H,1,5,7H2,2-3H3/t8-,9+/m1/s1. The zero-order chi connectivity index (χ0) is 8.69. The van der Waals surface area contributed by atoms with Crippen LogP contribution in [0.25, 0.3) is 0 Å². The first-order valence-electron chi connectivity index (χ1n) is 3.83. The topological polar surface area (TPSA) is 26.3 Å². The van der Waals surface area contributed by atoms with E-state index in [0.717, 1.165) is 12.7 Å². The van der Waals surface area contributed by atoms with Crippen LogP contribution in [0.3, 0.4) is 0 Å². The van der Waals surface area contributed by atoms with Crippen LogP contribution in [-0.4, -0.2) is 19.5 Å². The van der Waals surface area contributed by atoms with Crippen molar-refractivity contribution in [1.29, 1.82) is 0 Å². The molecule has 0 aliphatic rings. The van der Waals surface area contributed by atoms with Gasteiger partial charge in [-0.1, -0.05) is 13.0 Å². The van der Waals surface area contributed by atoms with Gasteiger partial charge in [0.2, 0.25) is 0 Å². The van der Waals surface area contributed by atoms with Crippen LogP contribution in [0.4, 0.5) is 0 Å². The maximum atomic E-state index is 10.1. The quantitative estimate of drug-likeness (QED) is 0.433. The van der Waals surface area contributed by atoms with Gasteiger partial charge >= 0.3 is 0 Å². The van der Waals surface area contributed by atoms with Crippen LogP contribution in [0.2, 0.25) is 0 Å². The normalized spacial score (nSPS) is 15.5. The van der Waals surface area contributed by atoms with Gasteiger partial charge in [-0.25, -0.2) is 0 Å². The van der Waals surface area contributed by atoms with Gasteiger partial charge in [-0.2, -0.15) is 0 Å². The molecule has 0 N–H and O–H groups in total. The fourth-order valence-corrected chi connectivity index (χ4v) is 0.946. The molecule has 0 rings (SSSR count). The Morgan fingerprint density at radius 1 is 1.64 bits per heavy atom. The highest BCUT2D eigenvalue weighted by Gasteiger charge is 2.07. The SMILES string of the molecule is C=C[C@@H](C[C@H](C)CC=O)OC. The average Bonchev–Trinajstić information content (AvgIpc) is 2.01. The molecule has 2 atom stereocenters. The second kappa shape index (κ2) is 6.10. The minimum atomic E-state index is 0.0879. The van der Waals surface area contributed by atoms with Crippen LogP contribution in [0, 0.1) is 5.92 Å². The molecule has 0 radical (unpaired) electrons. The van der Waals surface area contributed by atoms with Crippen molar-refractivity contribution in [2.24, 2.45) is 5.92 Å². The van der Waals surface area contributed by atoms with Gasteiger partial charge in [0.1, 0.15) is 6.29 Å². The van der Waals surface area contributed by atoms with Crippen molar-refractivity contribution in [3.63, 3.8) is 0 Å². The molecule has 0 aliphatic carbocycles. The number of aldehydes is 1. The predicted octanol–water partition coefficient (Wildman–Crippen LogP) is 1.80. The maximum Gasteiger partial charge on any atom is 0.120 e. The Morgan fingerprint density at radius 3 is 2.64 bits per heavy atom. The first-order valence-corrected chi connectivity index (χ1v) is 3.83. The minimum absolute atomic E-state index is 0.0879. The lowest BCUT2D eigenvalue weighted by molar-refractivity contribution is -0.108. The molecule has 0 aliphatic heterocycles. The van der Waals surface area contributed by atoms with Crippen LogP contribution < -0.4 is 0 Å². The lowest BCUT2D eigenvalue weighted by Gasteiger charge is -2.13. The number of carbonyl (C=O) groups is 1. The van der Waals surface area contributed by atoms with E-state index < -0.39 is 0 Å². The summed E-state index contributed by atoms with van der Waals surface area (Å²) in [6, 6.07) is 0. The van der Waals surface area contributed by atoms with E-state index in [0.29, 0.717) is 12.3 Å². The van der Waals surface area contributed by atoms with Gasteiger partial charge < -0.3 is 9.53 Å². The molecule has 11 heavy (non-hydrogen) atoms. The summed E-state index contributed by atoms with van der Waals surface area (Å²) in [7, 11) is 1.65. The van der Waals surface area contributed by atoms with Crippen LogP contribution in [0.1, 0.15) is 19.8 Å². The third kappa shape index (κ3) is 4.73. The van der Waals surface area contributed by atoms with Crippen LogP contribution in [0.5, 0.6) is 0 Å². The second-order valence-corrected chi connectivity index (χ2v) is 2.75. The van der Waals surface area contributed by atoms with E-state index in [4.69, 9.17) is 4.74 Å². The fraction of sp³-hybridized carbons (Fsp3) is 0.667. The Balaban J connectivity index is 3.60. The number of hydrogen-bond donors (Lipinski definition) is 0. The number of methoxy groups -OCH3 is 1. The molecular formula is C9H16O2. The summed E-state index contributed by atoms with van der Waals surface area (Å²) in [6.45, 7) is 5.66. The average molecular weight is 156 g/mol. The zero-order valence-electron chi connectivity index (χ0n) is 7.25. The Hall–Kier alpha value is -0.630. The van der Waals surface area contributed by atoms with Crippen molar-refractivity contribution in [2.45, 2.75) is 25.9 Å². The lowest BCUT2D eigenvalue weighted by Crippen LogP contribution is -2.11. The molecular weight excluding hydrogens is 140 g/mol. The van der Waals surface area contributed by atoms with Crippen LogP contribution in [0.15, 0.2) is 12.7 Å². The molecule has 2 nitrogen and oxygen atoms in total. The maximum absolute atomic E-state index is 10.1. The monoisotopic (exact) mass is 156 g/mol. The molecule has 0 fully saturated rings. The van der Waals surface area contributed by atoms with E-state index in [-0.39, 0.29) is 6.10 Å². The smallest absolute Gasteiger partial charge is 0.120 e. The Labute approximate surface area is 68.2 Å². The van der Waals surface area contributed by atoms with Gasteiger partial charge in [-0.05, 0) is 12.3 Å². The molecule has 0 amide bonds. The van der Waals surface area contributed by atoms with Gasteiger partial charge in [-0.3, -0.25) is 0 Å². The van der Waals surface area contributed by atoms with Crippen molar-refractivity contribution >= 4 is 6.29 Å². The Morgan fingerprint density at radius 2 is 2.27 bits per heavy atom. The molecule has 2 heteroatoms. The summed E-state index contributed by atoms with van der Waals surface area (Å²) in [5, 5.41) is 0. The Bertz CT molecular complexity index is 121. The second-order valence-electron chi connectivity index (χ2n) is 2.75. The summed E-state index contributed by atoms with van der Waals surface area (Å²) < 4.78 is 5.08. The first kappa shape index (κ1) is 10.4. The van der Waals surface area contributed by atoms with Crippen molar-refractivity contribution in [2.75, 3.05) is 7.11 Å². The molecule has 64 valence electrons. The summed E-state index contributed by atoms with van der Waals surface area (Å²) in [6.07, 6.45) is 4.28. The highest BCUT2D eigenvalue weighted by molar-refractivity contribution is 5.49. The van der Waals surface area contributed by atoms with E-state index in [1.807, 2.05) is 6.92 Å². The van der Waals surface area contributed by atoms with E-state index >= 15 is 0 Å². The van der Waals surface area contributed by atoms with Crippen molar-refractivity contribution in [3.8, 4) is 0 Å². The highest BCUT2D eigenvalue weighted by Crippen LogP contribution is 2.11. The highest BCUT2D eigenvalue weighted by atomic mass is 16.5. The minimum Gasteiger partial charge on any atom is -0.377 e. The molecule has 0 aromatic heterocycles. The van der Waals surface area contributed by atoms with Crippen molar-refractivity contribution in [1.82, 2.24) is 0 Å². The third-order valence-electron chi connectivity index (χ3n) is 1.70. The van der Waals surface area contributed by atoms with Crippen molar-refractivity contribution in [3.05, 3.63) is 12.7 Å². The van der Waals surface area contributed by atoms with E-state index in [1.165, 1.54) is 0 Å². The van der Waals surface area contributed by atoms with Gasteiger partial charge in [0, 0.05) is 13.5 Å². The summed E-state index contributed by atoms with van der Waals surface area (Å²) >= 11 is 0. The van der Waals surface area contributed by atoms with Crippen molar-refractivity contribution < 1.29 is 9.53 Å². The van der Waals surface area contributed by atoms with Gasteiger partial charge in [-0.15, -0.1) is 6.58 Å². The number of rotatable bonds is 6. The number of carbonyl (C=O) groups excluding carboxylic acids is 1. The molecule has 0 saturated heterocycles. The number of hydrogen-bond acceptors (Lipinski definition) is 2. The molecule has 0 heterocycles. The summed E-state index contributed by atoms with van der Waals surface area (Å²) in [5.74, 6) is 0.385. The summed E-state index contributed by atoms with van der Waals surface area (Å²) in [5.41, 5.74) is 0. The first-order chi connectivity index (χ1) is 5.24. The van der Waals surface area contributed by atoms with Crippen LogP contribution >= 0.6 is 0 Å². The van der Waals surface area contributed by atoms with Crippen LogP contribution in [-0.2, 0) is 9.53 Å². The Kier molecular flexibility index (Phi) is 5.75. The van der Waals surface area contributed by atoms with Gasteiger partial charge in [0.05, 0.1) is 6.10 Å². The largest absolute Gasteiger partial charge is 0.377 e. The molecule has 0 aromatic rings. The predicted molar refractivity (Wildman–Crippen MR) is 45.5 cm³/mol. The lowest BCUT2D eigenvalue weighted by atomic mass is 10.0. The van der Waals surface area contributed by atoms with E-state index in [9.17, 15) is 4.79 Å². The molecule has 0 aromatic carbocycles. The molecule has 0 unspecified atom stereocenters.